The third kappa shape index (κ3) is 3.65. The summed E-state index contributed by atoms with van der Waals surface area (Å²) in [6.45, 7) is 4.95. The summed E-state index contributed by atoms with van der Waals surface area (Å²) in [4.78, 5) is 0. The molecule has 1 rings (SSSR count). The summed E-state index contributed by atoms with van der Waals surface area (Å²) in [5.41, 5.74) is 1.74. The first-order valence-electron chi connectivity index (χ1n) is 5.50. The fourth-order valence-corrected chi connectivity index (χ4v) is 1.51. The summed E-state index contributed by atoms with van der Waals surface area (Å²) in [7, 11) is 0. The van der Waals surface area contributed by atoms with Gasteiger partial charge in [-0.3, -0.25) is 0 Å². The number of rotatable bonds is 5. The van der Waals surface area contributed by atoms with E-state index >= 15 is 0 Å². The maximum absolute atomic E-state index is 9.16. The molecular weight excluding hydrogens is 200 g/mol. The van der Waals surface area contributed by atoms with Crippen LogP contribution in [0.1, 0.15) is 25.0 Å². The van der Waals surface area contributed by atoms with Gasteiger partial charge in [0.15, 0.2) is 0 Å². The van der Waals surface area contributed by atoms with Crippen molar-refractivity contribution in [2.45, 2.75) is 26.4 Å². The standard InChI is InChI=1S/C13H18N2O/c1-10(2)13(9-16)15-8-12-5-3-4-11(6-12)7-14/h3-6,10,13,15-16H,8-9H2,1-2H3/t13-/m1/s1. The molecule has 16 heavy (non-hydrogen) atoms. The van der Waals surface area contributed by atoms with Gasteiger partial charge in [0.25, 0.3) is 0 Å². The highest BCUT2D eigenvalue weighted by Gasteiger charge is 2.10. The van der Waals surface area contributed by atoms with Crippen LogP contribution >= 0.6 is 0 Å². The van der Waals surface area contributed by atoms with E-state index in [0.29, 0.717) is 18.0 Å². The molecular formula is C13H18N2O. The van der Waals surface area contributed by atoms with E-state index in [1.165, 1.54) is 0 Å². The summed E-state index contributed by atoms with van der Waals surface area (Å²) >= 11 is 0. The zero-order chi connectivity index (χ0) is 12.0. The molecule has 0 bridgehead atoms. The number of nitriles is 1. The molecule has 0 spiro atoms. The van der Waals surface area contributed by atoms with Crippen LogP contribution in [0.5, 0.6) is 0 Å². The Morgan fingerprint density at radius 3 is 2.75 bits per heavy atom. The summed E-state index contributed by atoms with van der Waals surface area (Å²) in [5, 5.41) is 21.2. The quantitative estimate of drug-likeness (QED) is 0.790. The van der Waals surface area contributed by atoms with Crippen molar-refractivity contribution in [1.82, 2.24) is 5.32 Å². The highest BCUT2D eigenvalue weighted by Crippen LogP contribution is 2.06. The minimum absolute atomic E-state index is 0.103. The molecule has 1 atom stereocenters. The second-order valence-electron chi connectivity index (χ2n) is 4.23. The van der Waals surface area contributed by atoms with Gasteiger partial charge in [0.05, 0.1) is 18.2 Å². The van der Waals surface area contributed by atoms with E-state index in [1.807, 2.05) is 18.2 Å². The van der Waals surface area contributed by atoms with Crippen LogP contribution in [0.3, 0.4) is 0 Å². The number of hydrogen-bond donors (Lipinski definition) is 2. The van der Waals surface area contributed by atoms with Crippen LogP contribution in [0.4, 0.5) is 0 Å². The number of benzene rings is 1. The zero-order valence-electron chi connectivity index (χ0n) is 9.77. The smallest absolute Gasteiger partial charge is 0.0991 e. The van der Waals surface area contributed by atoms with E-state index < -0.39 is 0 Å². The fourth-order valence-electron chi connectivity index (χ4n) is 1.51. The van der Waals surface area contributed by atoms with E-state index in [2.05, 4.69) is 25.2 Å². The number of nitrogens with one attached hydrogen (secondary N) is 1. The third-order valence-corrected chi connectivity index (χ3v) is 2.63. The number of aliphatic hydroxyl groups is 1. The van der Waals surface area contributed by atoms with Gasteiger partial charge < -0.3 is 10.4 Å². The van der Waals surface area contributed by atoms with Gasteiger partial charge in [-0.15, -0.1) is 0 Å². The second-order valence-corrected chi connectivity index (χ2v) is 4.23. The zero-order valence-corrected chi connectivity index (χ0v) is 9.77. The maximum Gasteiger partial charge on any atom is 0.0991 e. The molecule has 0 heterocycles. The van der Waals surface area contributed by atoms with Crippen molar-refractivity contribution in [3.63, 3.8) is 0 Å². The molecule has 0 fully saturated rings. The van der Waals surface area contributed by atoms with Crippen molar-refractivity contribution in [3.8, 4) is 6.07 Å². The van der Waals surface area contributed by atoms with Crippen molar-refractivity contribution < 1.29 is 5.11 Å². The topological polar surface area (TPSA) is 56.0 Å². The van der Waals surface area contributed by atoms with E-state index in [-0.39, 0.29) is 12.6 Å². The van der Waals surface area contributed by atoms with Crippen LogP contribution < -0.4 is 5.32 Å². The lowest BCUT2D eigenvalue weighted by Crippen LogP contribution is -2.36. The van der Waals surface area contributed by atoms with Gasteiger partial charge in [-0.05, 0) is 23.6 Å². The lowest BCUT2D eigenvalue weighted by molar-refractivity contribution is 0.210. The molecule has 0 amide bonds. The monoisotopic (exact) mass is 218 g/mol. The van der Waals surface area contributed by atoms with Crippen LogP contribution in [0, 0.1) is 17.2 Å². The van der Waals surface area contributed by atoms with E-state index in [9.17, 15) is 0 Å². The summed E-state index contributed by atoms with van der Waals surface area (Å²) < 4.78 is 0. The van der Waals surface area contributed by atoms with Crippen LogP contribution in [0.25, 0.3) is 0 Å². The second kappa shape index (κ2) is 6.26. The van der Waals surface area contributed by atoms with Crippen LogP contribution in [-0.4, -0.2) is 17.8 Å². The Balaban J connectivity index is 2.57. The Morgan fingerprint density at radius 2 is 2.19 bits per heavy atom. The fraction of sp³-hybridized carbons (Fsp3) is 0.462. The average molecular weight is 218 g/mol. The molecule has 86 valence electrons. The molecule has 0 aromatic heterocycles. The van der Waals surface area contributed by atoms with Crippen LogP contribution in [-0.2, 0) is 6.54 Å². The first-order chi connectivity index (χ1) is 7.67. The van der Waals surface area contributed by atoms with Crippen molar-refractivity contribution in [2.24, 2.45) is 5.92 Å². The Hall–Kier alpha value is -1.37. The molecule has 3 nitrogen and oxygen atoms in total. The van der Waals surface area contributed by atoms with Gasteiger partial charge in [0, 0.05) is 12.6 Å². The molecule has 3 heteroatoms. The summed E-state index contributed by atoms with van der Waals surface area (Å²) in [6, 6.07) is 9.72. The molecule has 0 unspecified atom stereocenters. The van der Waals surface area contributed by atoms with Gasteiger partial charge in [0.2, 0.25) is 0 Å². The SMILES string of the molecule is CC(C)[C@@H](CO)NCc1cccc(C#N)c1. The predicted octanol–water partition coefficient (Wildman–Crippen LogP) is 1.66. The van der Waals surface area contributed by atoms with Crippen molar-refractivity contribution >= 4 is 0 Å². The minimum atomic E-state index is 0.103. The number of hydrogen-bond acceptors (Lipinski definition) is 3. The van der Waals surface area contributed by atoms with E-state index in [4.69, 9.17) is 10.4 Å². The van der Waals surface area contributed by atoms with Gasteiger partial charge in [0.1, 0.15) is 0 Å². The largest absolute Gasteiger partial charge is 0.395 e. The Labute approximate surface area is 96.7 Å². The summed E-state index contributed by atoms with van der Waals surface area (Å²) in [5.74, 6) is 0.393. The lowest BCUT2D eigenvalue weighted by Gasteiger charge is -2.19. The number of aliphatic hydroxyl groups excluding tert-OH is 1. The normalized spacial score (nSPS) is 12.4. The van der Waals surface area contributed by atoms with Gasteiger partial charge in [-0.1, -0.05) is 26.0 Å². The van der Waals surface area contributed by atoms with Gasteiger partial charge in [-0.25, -0.2) is 0 Å². The molecule has 2 N–H and O–H groups in total. The Morgan fingerprint density at radius 1 is 1.44 bits per heavy atom. The van der Waals surface area contributed by atoms with E-state index in [1.54, 1.807) is 6.07 Å². The maximum atomic E-state index is 9.16. The molecule has 0 aliphatic carbocycles. The van der Waals surface area contributed by atoms with E-state index in [0.717, 1.165) is 5.56 Å². The van der Waals surface area contributed by atoms with Crippen molar-refractivity contribution in [3.05, 3.63) is 35.4 Å². The highest BCUT2D eigenvalue weighted by atomic mass is 16.3. The first kappa shape index (κ1) is 12.7. The van der Waals surface area contributed by atoms with Crippen LogP contribution in [0.15, 0.2) is 24.3 Å². The predicted molar refractivity (Wildman–Crippen MR) is 63.7 cm³/mol. The molecule has 0 radical (unpaired) electrons. The first-order valence-corrected chi connectivity index (χ1v) is 5.50. The molecule has 1 aromatic rings. The van der Waals surface area contributed by atoms with Gasteiger partial charge >= 0.3 is 0 Å². The Kier molecular flexibility index (Phi) is 4.97. The minimum Gasteiger partial charge on any atom is -0.395 e. The van der Waals surface area contributed by atoms with Crippen molar-refractivity contribution in [1.29, 1.82) is 5.26 Å². The van der Waals surface area contributed by atoms with Crippen LogP contribution in [0.2, 0.25) is 0 Å². The molecule has 1 aromatic carbocycles. The van der Waals surface area contributed by atoms with Gasteiger partial charge in [-0.2, -0.15) is 5.26 Å². The van der Waals surface area contributed by atoms with Crippen molar-refractivity contribution in [2.75, 3.05) is 6.61 Å². The summed E-state index contributed by atoms with van der Waals surface area (Å²) in [6.07, 6.45) is 0. The molecule has 0 aliphatic heterocycles. The molecule has 0 saturated carbocycles. The lowest BCUT2D eigenvalue weighted by atomic mass is 10.0. The third-order valence-electron chi connectivity index (χ3n) is 2.63. The average Bonchev–Trinajstić information content (AvgIpc) is 2.29. The number of nitrogens with zero attached hydrogens (tertiary/aromatic N) is 1. The molecule has 0 aliphatic rings. The Bertz CT molecular complexity index is 368. The molecule has 0 saturated heterocycles. The highest BCUT2D eigenvalue weighted by molar-refractivity contribution is 5.32.